The Morgan fingerprint density at radius 3 is 2.46 bits per heavy atom. The number of hydrogen-bond donors (Lipinski definition) is 0. The van der Waals surface area contributed by atoms with Crippen LogP contribution in [0.2, 0.25) is 0 Å². The van der Waals surface area contributed by atoms with Gasteiger partial charge in [-0.1, -0.05) is 13.8 Å². The fourth-order valence-electron chi connectivity index (χ4n) is 2.45. The molecule has 1 heterocycles. The first-order chi connectivity index (χ1) is 12.4. The van der Waals surface area contributed by atoms with Crippen molar-refractivity contribution in [1.82, 2.24) is 14.1 Å². The molecular formula is C18H22ClN3O3S. The molecule has 0 radical (unpaired) electrons. The minimum absolute atomic E-state index is 0.184. The number of aryl methyl sites for hydroxylation is 1. The highest BCUT2D eigenvalue weighted by atomic mass is 35.5. The number of ketones is 1. The lowest BCUT2D eigenvalue weighted by Crippen LogP contribution is -2.30. The van der Waals surface area contributed by atoms with Crippen molar-refractivity contribution < 1.29 is 13.2 Å². The van der Waals surface area contributed by atoms with Crippen molar-refractivity contribution in [3.8, 4) is 0 Å². The molecule has 0 aliphatic heterocycles. The van der Waals surface area contributed by atoms with Crippen LogP contribution in [0.25, 0.3) is 6.08 Å². The summed E-state index contributed by atoms with van der Waals surface area (Å²) in [7, 11) is -3.52. The predicted octanol–water partition coefficient (Wildman–Crippen LogP) is 3.05. The normalized spacial score (nSPS) is 12.2. The third-order valence-corrected chi connectivity index (χ3v) is 6.11. The van der Waals surface area contributed by atoms with Crippen LogP contribution in [0.15, 0.2) is 47.6 Å². The molecule has 0 spiro atoms. The summed E-state index contributed by atoms with van der Waals surface area (Å²) in [4.78, 5) is 12.4. The van der Waals surface area contributed by atoms with Crippen molar-refractivity contribution in [2.75, 3.05) is 19.0 Å². The maximum atomic E-state index is 12.5. The molecule has 0 saturated carbocycles. The smallest absolute Gasteiger partial charge is 0.243 e. The zero-order valence-corrected chi connectivity index (χ0v) is 16.4. The van der Waals surface area contributed by atoms with Crippen molar-refractivity contribution in [2.24, 2.45) is 0 Å². The molecule has 0 bridgehead atoms. The van der Waals surface area contributed by atoms with E-state index in [4.69, 9.17) is 11.6 Å². The van der Waals surface area contributed by atoms with E-state index in [0.29, 0.717) is 31.1 Å². The van der Waals surface area contributed by atoms with Gasteiger partial charge in [0, 0.05) is 36.3 Å². The third kappa shape index (κ3) is 4.81. The first kappa shape index (κ1) is 20.4. The van der Waals surface area contributed by atoms with Crippen LogP contribution in [0.1, 0.15) is 29.8 Å². The van der Waals surface area contributed by atoms with Gasteiger partial charge < -0.3 is 0 Å². The summed E-state index contributed by atoms with van der Waals surface area (Å²) in [6, 6.07) is 5.99. The molecule has 0 N–H and O–H groups in total. The van der Waals surface area contributed by atoms with Crippen LogP contribution in [0, 0.1) is 0 Å². The number of sulfonamides is 1. The highest BCUT2D eigenvalue weighted by molar-refractivity contribution is 7.89. The first-order valence-electron chi connectivity index (χ1n) is 8.33. The maximum Gasteiger partial charge on any atom is 0.243 e. The SMILES string of the molecule is CCN(CC)S(=O)(=O)c1ccc(C(=O)/C=C/c2cnn(CCCl)c2)cc1. The molecule has 1 aromatic carbocycles. The van der Waals surface area contributed by atoms with Gasteiger partial charge in [-0.15, -0.1) is 11.6 Å². The Bertz CT molecular complexity index is 869. The van der Waals surface area contributed by atoms with Crippen LogP contribution in [0.4, 0.5) is 0 Å². The highest BCUT2D eigenvalue weighted by Gasteiger charge is 2.21. The summed E-state index contributed by atoms with van der Waals surface area (Å²) in [5, 5.41) is 4.13. The molecule has 0 aliphatic carbocycles. The number of hydrogen-bond acceptors (Lipinski definition) is 4. The molecular weight excluding hydrogens is 374 g/mol. The molecule has 6 nitrogen and oxygen atoms in total. The van der Waals surface area contributed by atoms with Gasteiger partial charge in [-0.25, -0.2) is 8.42 Å². The van der Waals surface area contributed by atoms with E-state index in [-0.39, 0.29) is 10.7 Å². The van der Waals surface area contributed by atoms with Crippen LogP contribution >= 0.6 is 11.6 Å². The second-order valence-electron chi connectivity index (χ2n) is 5.54. The van der Waals surface area contributed by atoms with Crippen molar-refractivity contribution in [3.05, 3.63) is 53.9 Å². The zero-order valence-electron chi connectivity index (χ0n) is 14.8. The summed E-state index contributed by atoms with van der Waals surface area (Å²) < 4.78 is 28.0. The number of carbonyl (C=O) groups excluding carboxylic acids is 1. The van der Waals surface area contributed by atoms with E-state index in [2.05, 4.69) is 5.10 Å². The summed E-state index contributed by atoms with van der Waals surface area (Å²) in [5.74, 6) is 0.258. The Hall–Kier alpha value is -1.96. The largest absolute Gasteiger partial charge is 0.289 e. The fourth-order valence-corrected chi connectivity index (χ4v) is 4.08. The number of rotatable bonds is 9. The molecule has 1 aromatic heterocycles. The van der Waals surface area contributed by atoms with E-state index in [9.17, 15) is 13.2 Å². The van der Waals surface area contributed by atoms with Gasteiger partial charge in [-0.05, 0) is 36.4 Å². The van der Waals surface area contributed by atoms with Gasteiger partial charge in [0.15, 0.2) is 5.78 Å². The molecule has 0 aliphatic rings. The van der Waals surface area contributed by atoms with Crippen LogP contribution in [-0.4, -0.2) is 47.3 Å². The lowest BCUT2D eigenvalue weighted by Gasteiger charge is -2.18. The molecule has 0 atom stereocenters. The average Bonchev–Trinajstić information content (AvgIpc) is 3.08. The van der Waals surface area contributed by atoms with Gasteiger partial charge in [-0.3, -0.25) is 9.48 Å². The number of carbonyl (C=O) groups is 1. The summed E-state index contributed by atoms with van der Waals surface area (Å²) in [6.45, 7) is 4.99. The lowest BCUT2D eigenvalue weighted by atomic mass is 10.1. The second kappa shape index (κ2) is 9.12. The predicted molar refractivity (Wildman–Crippen MR) is 103 cm³/mol. The number of allylic oxidation sites excluding steroid dienone is 1. The van der Waals surface area contributed by atoms with Gasteiger partial charge in [0.25, 0.3) is 0 Å². The van der Waals surface area contributed by atoms with Crippen molar-refractivity contribution in [3.63, 3.8) is 0 Å². The van der Waals surface area contributed by atoms with E-state index in [0.717, 1.165) is 5.56 Å². The van der Waals surface area contributed by atoms with Crippen molar-refractivity contribution in [2.45, 2.75) is 25.3 Å². The van der Waals surface area contributed by atoms with Gasteiger partial charge in [0.05, 0.1) is 17.6 Å². The first-order valence-corrected chi connectivity index (χ1v) is 10.3. The van der Waals surface area contributed by atoms with E-state index in [1.165, 1.54) is 34.6 Å². The number of nitrogens with zero attached hydrogens (tertiary/aromatic N) is 3. The van der Waals surface area contributed by atoms with Gasteiger partial charge >= 0.3 is 0 Å². The monoisotopic (exact) mass is 395 g/mol. The fraction of sp³-hybridized carbons (Fsp3) is 0.333. The third-order valence-electron chi connectivity index (χ3n) is 3.88. The molecule has 140 valence electrons. The minimum atomic E-state index is -3.52. The van der Waals surface area contributed by atoms with Gasteiger partial charge in [0.2, 0.25) is 10.0 Å². The number of benzene rings is 1. The van der Waals surface area contributed by atoms with E-state index in [1.54, 1.807) is 37.0 Å². The molecule has 0 unspecified atom stereocenters. The molecule has 8 heteroatoms. The number of alkyl halides is 1. The Morgan fingerprint density at radius 2 is 1.88 bits per heavy atom. The van der Waals surface area contributed by atoms with Crippen LogP contribution < -0.4 is 0 Å². The van der Waals surface area contributed by atoms with Crippen molar-refractivity contribution >= 4 is 33.5 Å². The van der Waals surface area contributed by atoms with Crippen LogP contribution in [-0.2, 0) is 16.6 Å². The van der Waals surface area contributed by atoms with Gasteiger partial charge in [-0.2, -0.15) is 9.40 Å². The van der Waals surface area contributed by atoms with E-state index < -0.39 is 10.0 Å². The van der Waals surface area contributed by atoms with E-state index >= 15 is 0 Å². The summed E-state index contributed by atoms with van der Waals surface area (Å²) in [5.41, 5.74) is 1.22. The average molecular weight is 396 g/mol. The lowest BCUT2D eigenvalue weighted by molar-refractivity contribution is 0.104. The number of halogens is 1. The molecule has 2 aromatic rings. The Morgan fingerprint density at radius 1 is 1.23 bits per heavy atom. The number of aromatic nitrogens is 2. The van der Waals surface area contributed by atoms with Crippen molar-refractivity contribution in [1.29, 1.82) is 0 Å². The van der Waals surface area contributed by atoms with Crippen LogP contribution in [0.3, 0.4) is 0 Å². The Labute approximate surface area is 159 Å². The van der Waals surface area contributed by atoms with Gasteiger partial charge in [0.1, 0.15) is 0 Å². The highest BCUT2D eigenvalue weighted by Crippen LogP contribution is 2.17. The molecule has 0 fully saturated rings. The zero-order chi connectivity index (χ0) is 19.2. The quantitative estimate of drug-likeness (QED) is 0.371. The molecule has 26 heavy (non-hydrogen) atoms. The topological polar surface area (TPSA) is 72.3 Å². The molecule has 2 rings (SSSR count). The summed E-state index contributed by atoms with van der Waals surface area (Å²) >= 11 is 5.66. The minimum Gasteiger partial charge on any atom is -0.289 e. The maximum absolute atomic E-state index is 12.5. The van der Waals surface area contributed by atoms with E-state index in [1.807, 2.05) is 0 Å². The summed E-state index contributed by atoms with van der Waals surface area (Å²) in [6.07, 6.45) is 6.55. The Balaban J connectivity index is 2.12. The second-order valence-corrected chi connectivity index (χ2v) is 7.85. The standard InChI is InChI=1S/C18H22ClN3O3S/c1-3-22(4-2)26(24,25)17-8-6-16(7-9-17)18(23)10-5-15-13-20-21(14-15)12-11-19/h5-10,13-14H,3-4,11-12H2,1-2H3/b10-5+. The molecule has 0 saturated heterocycles. The Kier molecular flexibility index (Phi) is 7.14. The van der Waals surface area contributed by atoms with Crippen LogP contribution in [0.5, 0.6) is 0 Å². The molecule has 0 amide bonds.